The Labute approximate surface area is 96.5 Å². The zero-order valence-electron chi connectivity index (χ0n) is 9.92. The molecule has 1 N–H and O–H groups in total. The molecule has 1 aliphatic heterocycles. The number of likely N-dealkylation sites (N-methyl/N-ethyl adjacent to an activating group) is 1. The Hall–Kier alpha value is -1.35. The minimum absolute atomic E-state index is 0.000372. The highest BCUT2D eigenvalue weighted by Crippen LogP contribution is 2.17. The Bertz CT molecular complexity index is 401. The monoisotopic (exact) mass is 218 g/mol. The van der Waals surface area contributed by atoms with Gasteiger partial charge in [0.25, 0.3) is 5.91 Å². The topological polar surface area (TPSA) is 32.3 Å². The van der Waals surface area contributed by atoms with Crippen LogP contribution >= 0.6 is 0 Å². The predicted molar refractivity (Wildman–Crippen MR) is 64.7 cm³/mol. The third kappa shape index (κ3) is 2.25. The molecule has 3 nitrogen and oxygen atoms in total. The Morgan fingerprint density at radius 2 is 1.94 bits per heavy atom. The average Bonchev–Trinajstić information content (AvgIpc) is 2.50. The van der Waals surface area contributed by atoms with Crippen LogP contribution in [0.1, 0.15) is 21.5 Å². The second kappa shape index (κ2) is 4.66. The molecule has 1 aromatic rings. The zero-order chi connectivity index (χ0) is 11.5. The van der Waals surface area contributed by atoms with E-state index in [2.05, 4.69) is 23.3 Å². The Balaban J connectivity index is 2.28. The molecule has 0 aliphatic carbocycles. The van der Waals surface area contributed by atoms with E-state index in [4.69, 9.17) is 0 Å². The smallest absolute Gasteiger partial charge is 0.251 e. The van der Waals surface area contributed by atoms with Gasteiger partial charge < -0.3 is 10.2 Å². The van der Waals surface area contributed by atoms with E-state index >= 15 is 0 Å². The fourth-order valence-corrected chi connectivity index (χ4v) is 2.12. The number of benzene rings is 1. The highest BCUT2D eigenvalue weighted by Gasteiger charge is 2.13. The van der Waals surface area contributed by atoms with Crippen molar-refractivity contribution in [3.8, 4) is 0 Å². The van der Waals surface area contributed by atoms with Crippen LogP contribution in [0.2, 0.25) is 0 Å². The van der Waals surface area contributed by atoms with Gasteiger partial charge in [-0.1, -0.05) is 6.07 Å². The van der Waals surface area contributed by atoms with Crippen molar-refractivity contribution in [3.05, 3.63) is 34.9 Å². The van der Waals surface area contributed by atoms with Crippen molar-refractivity contribution in [1.29, 1.82) is 0 Å². The lowest BCUT2D eigenvalue weighted by atomic mass is 10.00. The maximum atomic E-state index is 11.5. The summed E-state index contributed by atoms with van der Waals surface area (Å²) in [6.07, 6.45) is 2.12. The van der Waals surface area contributed by atoms with Gasteiger partial charge in [0.2, 0.25) is 0 Å². The van der Waals surface area contributed by atoms with Crippen LogP contribution < -0.4 is 5.32 Å². The molecule has 1 aliphatic rings. The zero-order valence-corrected chi connectivity index (χ0v) is 9.92. The SMILES string of the molecule is CNC(=O)c1ccc2c(c1)CCN(C)CC2. The van der Waals surface area contributed by atoms with Gasteiger partial charge in [0, 0.05) is 25.7 Å². The maximum Gasteiger partial charge on any atom is 0.251 e. The van der Waals surface area contributed by atoms with E-state index in [-0.39, 0.29) is 5.91 Å². The van der Waals surface area contributed by atoms with Crippen LogP contribution in [-0.2, 0) is 12.8 Å². The molecule has 0 bridgehead atoms. The summed E-state index contributed by atoms with van der Waals surface area (Å²) in [6, 6.07) is 6.05. The molecule has 0 aromatic heterocycles. The summed E-state index contributed by atoms with van der Waals surface area (Å²) in [6.45, 7) is 2.18. The number of fused-ring (bicyclic) bond motifs is 1. The van der Waals surface area contributed by atoms with Crippen LogP contribution in [0, 0.1) is 0 Å². The molecule has 0 atom stereocenters. The van der Waals surface area contributed by atoms with Crippen molar-refractivity contribution in [3.63, 3.8) is 0 Å². The summed E-state index contributed by atoms with van der Waals surface area (Å²) in [4.78, 5) is 13.9. The van der Waals surface area contributed by atoms with E-state index < -0.39 is 0 Å². The van der Waals surface area contributed by atoms with Crippen LogP contribution in [0.15, 0.2) is 18.2 Å². The minimum atomic E-state index is 0.000372. The third-order valence-corrected chi connectivity index (χ3v) is 3.22. The molecular formula is C13H18N2O. The van der Waals surface area contributed by atoms with Crippen molar-refractivity contribution in [2.75, 3.05) is 27.2 Å². The van der Waals surface area contributed by atoms with E-state index in [1.54, 1.807) is 7.05 Å². The highest BCUT2D eigenvalue weighted by molar-refractivity contribution is 5.94. The van der Waals surface area contributed by atoms with Gasteiger partial charge in [-0.2, -0.15) is 0 Å². The van der Waals surface area contributed by atoms with E-state index in [0.717, 1.165) is 31.5 Å². The van der Waals surface area contributed by atoms with E-state index in [1.807, 2.05) is 12.1 Å². The molecule has 1 amide bonds. The Morgan fingerprint density at radius 3 is 2.62 bits per heavy atom. The van der Waals surface area contributed by atoms with Crippen molar-refractivity contribution in [1.82, 2.24) is 10.2 Å². The lowest BCUT2D eigenvalue weighted by Gasteiger charge is -2.10. The largest absolute Gasteiger partial charge is 0.355 e. The van der Waals surface area contributed by atoms with E-state index in [0.29, 0.717) is 0 Å². The summed E-state index contributed by atoms with van der Waals surface area (Å²) < 4.78 is 0. The molecule has 0 unspecified atom stereocenters. The molecule has 0 radical (unpaired) electrons. The number of hydrogen-bond donors (Lipinski definition) is 1. The molecule has 86 valence electrons. The van der Waals surface area contributed by atoms with Crippen LogP contribution in [0.25, 0.3) is 0 Å². The van der Waals surface area contributed by atoms with Crippen LogP contribution in [0.4, 0.5) is 0 Å². The molecular weight excluding hydrogens is 200 g/mol. The first-order valence-electron chi connectivity index (χ1n) is 5.73. The summed E-state index contributed by atoms with van der Waals surface area (Å²) >= 11 is 0. The van der Waals surface area contributed by atoms with Gasteiger partial charge in [-0.25, -0.2) is 0 Å². The first-order valence-corrected chi connectivity index (χ1v) is 5.73. The molecule has 1 aromatic carbocycles. The Morgan fingerprint density at radius 1 is 1.25 bits per heavy atom. The number of carbonyl (C=O) groups excluding carboxylic acids is 1. The van der Waals surface area contributed by atoms with Gasteiger partial charge in [-0.15, -0.1) is 0 Å². The molecule has 0 spiro atoms. The second-order valence-corrected chi connectivity index (χ2v) is 4.37. The quantitative estimate of drug-likeness (QED) is 0.765. The predicted octanol–water partition coefficient (Wildman–Crippen LogP) is 1.08. The van der Waals surface area contributed by atoms with Gasteiger partial charge in [0.05, 0.1) is 0 Å². The number of hydrogen-bond acceptors (Lipinski definition) is 2. The van der Waals surface area contributed by atoms with Gasteiger partial charge in [-0.3, -0.25) is 4.79 Å². The van der Waals surface area contributed by atoms with Gasteiger partial charge in [-0.05, 0) is 43.1 Å². The summed E-state index contributed by atoms with van der Waals surface area (Å²) in [5, 5.41) is 2.66. The van der Waals surface area contributed by atoms with Crippen LogP contribution in [0.5, 0.6) is 0 Å². The molecule has 1 heterocycles. The normalized spacial score (nSPS) is 16.4. The fraction of sp³-hybridized carbons (Fsp3) is 0.462. The summed E-state index contributed by atoms with van der Waals surface area (Å²) in [5.74, 6) is 0.000372. The summed E-state index contributed by atoms with van der Waals surface area (Å²) in [5.41, 5.74) is 3.48. The number of amides is 1. The Kier molecular flexibility index (Phi) is 3.25. The molecule has 0 saturated heterocycles. The lowest BCUT2D eigenvalue weighted by Crippen LogP contribution is -2.20. The van der Waals surface area contributed by atoms with Crippen molar-refractivity contribution >= 4 is 5.91 Å². The average molecular weight is 218 g/mol. The lowest BCUT2D eigenvalue weighted by molar-refractivity contribution is 0.0963. The number of rotatable bonds is 1. The van der Waals surface area contributed by atoms with E-state index in [9.17, 15) is 4.79 Å². The first-order chi connectivity index (χ1) is 7.70. The highest BCUT2D eigenvalue weighted by atomic mass is 16.1. The van der Waals surface area contributed by atoms with Crippen LogP contribution in [-0.4, -0.2) is 38.0 Å². The third-order valence-electron chi connectivity index (χ3n) is 3.22. The van der Waals surface area contributed by atoms with Crippen molar-refractivity contribution in [2.45, 2.75) is 12.8 Å². The number of carbonyl (C=O) groups is 1. The van der Waals surface area contributed by atoms with Crippen molar-refractivity contribution < 1.29 is 4.79 Å². The van der Waals surface area contributed by atoms with Gasteiger partial charge in [0.1, 0.15) is 0 Å². The standard InChI is InChI=1S/C13H18N2O/c1-14-13(16)12-4-3-10-5-7-15(2)8-6-11(10)9-12/h3-4,9H,5-8H2,1-2H3,(H,14,16). The van der Waals surface area contributed by atoms with E-state index in [1.165, 1.54) is 11.1 Å². The second-order valence-electron chi connectivity index (χ2n) is 4.37. The molecule has 0 fully saturated rings. The first kappa shape index (κ1) is 11.1. The minimum Gasteiger partial charge on any atom is -0.355 e. The molecule has 2 rings (SSSR count). The van der Waals surface area contributed by atoms with Gasteiger partial charge >= 0.3 is 0 Å². The summed E-state index contributed by atoms with van der Waals surface area (Å²) in [7, 11) is 3.81. The molecule has 3 heteroatoms. The van der Waals surface area contributed by atoms with Crippen LogP contribution in [0.3, 0.4) is 0 Å². The van der Waals surface area contributed by atoms with Crippen molar-refractivity contribution in [2.24, 2.45) is 0 Å². The number of nitrogens with one attached hydrogen (secondary N) is 1. The fourth-order valence-electron chi connectivity index (χ4n) is 2.12. The van der Waals surface area contributed by atoms with Gasteiger partial charge in [0.15, 0.2) is 0 Å². The number of nitrogens with zero attached hydrogens (tertiary/aromatic N) is 1. The maximum absolute atomic E-state index is 11.5. The molecule has 0 saturated carbocycles. The molecule has 16 heavy (non-hydrogen) atoms.